The van der Waals surface area contributed by atoms with Crippen LogP contribution in [0.2, 0.25) is 0 Å². The first kappa shape index (κ1) is 18.8. The first-order valence-electron chi connectivity index (χ1n) is 9.79. The zero-order valence-electron chi connectivity index (χ0n) is 15.9. The largest absolute Gasteiger partial charge is 0.351 e. The van der Waals surface area contributed by atoms with E-state index in [4.69, 9.17) is 0 Å². The van der Waals surface area contributed by atoms with E-state index in [1.807, 2.05) is 36.1 Å². The Morgan fingerprint density at radius 1 is 1.29 bits per heavy atom. The third kappa shape index (κ3) is 3.72. The number of carbonyl (C=O) groups is 1. The van der Waals surface area contributed by atoms with Gasteiger partial charge in [-0.15, -0.1) is 0 Å². The lowest BCUT2D eigenvalue weighted by atomic mass is 9.85. The standard InChI is InChI=1S/C20H25F2N5O/c1-13-4-2-3-5-15(13)10-18(28)26-8-6-14(7-9-26)16-11-17(19(21)22)27-20(25-16)23-12-24-27/h2-5,12,14,16-17,19H,6-11H2,1H3,(H,23,24,25)/t16-,17+/m0/s1. The molecule has 150 valence electrons. The molecule has 4 rings (SSSR count). The van der Waals surface area contributed by atoms with Crippen molar-refractivity contribution < 1.29 is 13.6 Å². The van der Waals surface area contributed by atoms with Crippen LogP contribution in [0.1, 0.15) is 36.4 Å². The summed E-state index contributed by atoms with van der Waals surface area (Å²) in [6, 6.07) is 6.93. The van der Waals surface area contributed by atoms with Gasteiger partial charge in [0.25, 0.3) is 6.43 Å². The monoisotopic (exact) mass is 389 g/mol. The third-order valence-corrected chi connectivity index (χ3v) is 6.05. The Balaban J connectivity index is 1.35. The summed E-state index contributed by atoms with van der Waals surface area (Å²) in [5.74, 6) is 0.795. The van der Waals surface area contributed by atoms with Gasteiger partial charge in [-0.05, 0) is 43.2 Å². The number of rotatable bonds is 4. The van der Waals surface area contributed by atoms with Crippen molar-refractivity contribution in [3.05, 3.63) is 41.7 Å². The fraction of sp³-hybridized carbons (Fsp3) is 0.550. The number of carbonyl (C=O) groups excluding carboxylic acids is 1. The highest BCUT2D eigenvalue weighted by atomic mass is 19.3. The number of hydrogen-bond acceptors (Lipinski definition) is 4. The van der Waals surface area contributed by atoms with Crippen molar-refractivity contribution in [3.63, 3.8) is 0 Å². The molecule has 0 spiro atoms. The van der Waals surface area contributed by atoms with E-state index in [9.17, 15) is 13.6 Å². The second-order valence-corrected chi connectivity index (χ2v) is 7.74. The molecular weight excluding hydrogens is 364 g/mol. The molecule has 1 aromatic carbocycles. The molecule has 8 heteroatoms. The normalized spacial score (nSPS) is 22.8. The molecule has 0 aliphatic carbocycles. The number of aryl methyl sites for hydroxylation is 1. The maximum Gasteiger partial charge on any atom is 0.260 e. The van der Waals surface area contributed by atoms with E-state index in [2.05, 4.69) is 15.4 Å². The molecule has 3 heterocycles. The van der Waals surface area contributed by atoms with Gasteiger partial charge in [0, 0.05) is 19.1 Å². The molecule has 2 atom stereocenters. The SMILES string of the molecule is Cc1ccccc1CC(=O)N1CCC([C@@H]2C[C@H](C(F)F)n3ncnc3N2)CC1. The molecule has 1 aromatic heterocycles. The van der Waals surface area contributed by atoms with Crippen LogP contribution in [-0.2, 0) is 11.2 Å². The second-order valence-electron chi connectivity index (χ2n) is 7.74. The van der Waals surface area contributed by atoms with Gasteiger partial charge >= 0.3 is 0 Å². The fourth-order valence-electron chi connectivity index (χ4n) is 4.34. The highest BCUT2D eigenvalue weighted by Gasteiger charge is 2.38. The van der Waals surface area contributed by atoms with Crippen LogP contribution >= 0.6 is 0 Å². The molecule has 28 heavy (non-hydrogen) atoms. The molecule has 0 radical (unpaired) electrons. The molecule has 6 nitrogen and oxygen atoms in total. The van der Waals surface area contributed by atoms with E-state index in [1.165, 1.54) is 11.0 Å². The number of nitrogens with one attached hydrogen (secondary N) is 1. The topological polar surface area (TPSA) is 63.1 Å². The van der Waals surface area contributed by atoms with Crippen LogP contribution in [0.5, 0.6) is 0 Å². The first-order valence-corrected chi connectivity index (χ1v) is 9.79. The van der Waals surface area contributed by atoms with Crippen LogP contribution in [0, 0.1) is 12.8 Å². The van der Waals surface area contributed by atoms with Gasteiger partial charge in [-0.25, -0.2) is 13.5 Å². The molecule has 1 amide bonds. The van der Waals surface area contributed by atoms with Gasteiger partial charge in [0.15, 0.2) is 0 Å². The summed E-state index contributed by atoms with van der Waals surface area (Å²) >= 11 is 0. The molecule has 1 saturated heterocycles. The minimum atomic E-state index is -2.47. The van der Waals surface area contributed by atoms with Gasteiger partial charge in [-0.3, -0.25) is 4.79 Å². The Kier molecular flexibility index (Phi) is 5.28. The van der Waals surface area contributed by atoms with Crippen molar-refractivity contribution in [2.75, 3.05) is 18.4 Å². The van der Waals surface area contributed by atoms with Crippen LogP contribution in [0.25, 0.3) is 0 Å². The van der Waals surface area contributed by atoms with Crippen LogP contribution in [0.15, 0.2) is 30.6 Å². The summed E-state index contributed by atoms with van der Waals surface area (Å²) in [6.45, 7) is 3.35. The van der Waals surface area contributed by atoms with Gasteiger partial charge in [0.2, 0.25) is 11.9 Å². The number of likely N-dealkylation sites (tertiary alicyclic amines) is 1. The average Bonchev–Trinajstić information content (AvgIpc) is 3.17. The van der Waals surface area contributed by atoms with E-state index in [1.54, 1.807) is 0 Å². The Bertz CT molecular complexity index is 832. The molecular formula is C20H25F2N5O. The number of anilines is 1. The second kappa shape index (κ2) is 7.85. The summed E-state index contributed by atoms with van der Waals surface area (Å²) in [5, 5.41) is 7.21. The highest BCUT2D eigenvalue weighted by molar-refractivity contribution is 5.79. The number of fused-ring (bicyclic) bond motifs is 1. The maximum absolute atomic E-state index is 13.5. The summed E-state index contributed by atoms with van der Waals surface area (Å²) in [4.78, 5) is 18.6. The highest BCUT2D eigenvalue weighted by Crippen LogP contribution is 2.35. The quantitative estimate of drug-likeness (QED) is 0.873. The predicted octanol–water partition coefficient (Wildman–Crippen LogP) is 3.06. The Hall–Kier alpha value is -2.51. The summed E-state index contributed by atoms with van der Waals surface area (Å²) < 4.78 is 28.2. The van der Waals surface area contributed by atoms with E-state index >= 15 is 0 Å². The summed E-state index contributed by atoms with van der Waals surface area (Å²) in [5.41, 5.74) is 2.18. The van der Waals surface area contributed by atoms with Crippen LogP contribution in [0.4, 0.5) is 14.7 Å². The zero-order chi connectivity index (χ0) is 19.7. The molecule has 1 fully saturated rings. The molecule has 0 saturated carbocycles. The lowest BCUT2D eigenvalue weighted by molar-refractivity contribution is -0.132. The number of amides is 1. The van der Waals surface area contributed by atoms with Gasteiger partial charge < -0.3 is 10.2 Å². The van der Waals surface area contributed by atoms with Crippen molar-refractivity contribution in [1.29, 1.82) is 0 Å². The lowest BCUT2D eigenvalue weighted by Gasteiger charge is -2.40. The van der Waals surface area contributed by atoms with Gasteiger partial charge in [0.1, 0.15) is 12.4 Å². The van der Waals surface area contributed by atoms with Crippen molar-refractivity contribution in [2.24, 2.45) is 5.92 Å². The minimum Gasteiger partial charge on any atom is -0.351 e. The minimum absolute atomic E-state index is 0.0654. The molecule has 1 N–H and O–H groups in total. The van der Waals surface area contributed by atoms with Crippen LogP contribution < -0.4 is 5.32 Å². The molecule has 2 aliphatic rings. The number of halogens is 2. The predicted molar refractivity (Wildman–Crippen MR) is 101 cm³/mol. The first-order chi connectivity index (χ1) is 13.5. The zero-order valence-corrected chi connectivity index (χ0v) is 15.9. The fourth-order valence-corrected chi connectivity index (χ4v) is 4.34. The van der Waals surface area contributed by atoms with Crippen molar-refractivity contribution in [1.82, 2.24) is 19.7 Å². The van der Waals surface area contributed by atoms with Crippen molar-refractivity contribution in [2.45, 2.75) is 51.1 Å². The summed E-state index contributed by atoms with van der Waals surface area (Å²) in [6.07, 6.45) is 1.20. The average molecular weight is 389 g/mol. The van der Waals surface area contributed by atoms with Crippen molar-refractivity contribution in [3.8, 4) is 0 Å². The Labute approximate surface area is 162 Å². The number of piperidine rings is 1. The van der Waals surface area contributed by atoms with Crippen molar-refractivity contribution >= 4 is 11.9 Å². The van der Waals surface area contributed by atoms with E-state index < -0.39 is 12.5 Å². The van der Waals surface area contributed by atoms with E-state index in [0.29, 0.717) is 31.9 Å². The van der Waals surface area contributed by atoms with E-state index in [-0.39, 0.29) is 17.9 Å². The smallest absolute Gasteiger partial charge is 0.260 e. The summed E-state index contributed by atoms with van der Waals surface area (Å²) in [7, 11) is 0. The molecule has 2 aromatic rings. The number of benzene rings is 1. The van der Waals surface area contributed by atoms with Gasteiger partial charge in [-0.2, -0.15) is 10.1 Å². The molecule has 0 bridgehead atoms. The number of aromatic nitrogens is 3. The third-order valence-electron chi connectivity index (χ3n) is 6.05. The number of alkyl halides is 2. The van der Waals surface area contributed by atoms with E-state index in [0.717, 1.165) is 24.0 Å². The van der Waals surface area contributed by atoms with Gasteiger partial charge in [-0.1, -0.05) is 24.3 Å². The molecule has 2 aliphatic heterocycles. The Morgan fingerprint density at radius 2 is 2.04 bits per heavy atom. The Morgan fingerprint density at radius 3 is 2.75 bits per heavy atom. The van der Waals surface area contributed by atoms with Gasteiger partial charge in [0.05, 0.1) is 6.42 Å². The maximum atomic E-state index is 13.5. The number of hydrogen-bond donors (Lipinski definition) is 1. The van der Waals surface area contributed by atoms with Crippen LogP contribution in [-0.4, -0.2) is 51.1 Å². The molecule has 0 unspecified atom stereocenters. The van der Waals surface area contributed by atoms with Crippen LogP contribution in [0.3, 0.4) is 0 Å². The lowest BCUT2D eigenvalue weighted by Crippen LogP contribution is -2.46. The number of nitrogens with zero attached hydrogens (tertiary/aromatic N) is 4.